The van der Waals surface area contributed by atoms with Gasteiger partial charge in [0.05, 0.1) is 6.20 Å². The fraction of sp³-hybridized carbons (Fsp3) is 0.0909. The van der Waals surface area contributed by atoms with Crippen molar-refractivity contribution in [3.63, 3.8) is 0 Å². The highest BCUT2D eigenvalue weighted by Crippen LogP contribution is 2.20. The third-order valence-electron chi connectivity index (χ3n) is 1.84. The van der Waals surface area contributed by atoms with Crippen LogP contribution in [0.5, 0.6) is 0 Å². The van der Waals surface area contributed by atoms with E-state index < -0.39 is 0 Å². The molecule has 0 aliphatic rings. The van der Waals surface area contributed by atoms with E-state index in [2.05, 4.69) is 38.0 Å². The number of halogens is 1. The van der Waals surface area contributed by atoms with Crippen LogP contribution in [0.15, 0.2) is 52.4 Å². The van der Waals surface area contributed by atoms with Gasteiger partial charge in [0.1, 0.15) is 5.03 Å². The second kappa shape index (κ2) is 5.28. The van der Waals surface area contributed by atoms with Crippen LogP contribution >= 0.6 is 27.7 Å². The molecule has 1 heterocycles. The Labute approximate surface area is 101 Å². The van der Waals surface area contributed by atoms with E-state index in [4.69, 9.17) is 0 Å². The third kappa shape index (κ3) is 3.32. The molecule has 1 aromatic carbocycles. The number of hydrogen-bond acceptors (Lipinski definition) is 3. The maximum absolute atomic E-state index is 4.20. The number of thioether (sulfide) groups is 1. The van der Waals surface area contributed by atoms with E-state index in [0.717, 1.165) is 15.3 Å². The van der Waals surface area contributed by atoms with Gasteiger partial charge in [0, 0.05) is 22.6 Å². The average Bonchev–Trinajstić information content (AvgIpc) is 2.30. The fourth-order valence-corrected chi connectivity index (χ4v) is 2.14. The highest BCUT2D eigenvalue weighted by molar-refractivity contribution is 9.10. The summed E-state index contributed by atoms with van der Waals surface area (Å²) in [5.41, 5.74) is 1.29. The molecule has 0 bridgehead atoms. The first-order valence-electron chi connectivity index (χ1n) is 4.48. The first-order chi connectivity index (χ1) is 7.34. The predicted molar refractivity (Wildman–Crippen MR) is 65.7 cm³/mol. The van der Waals surface area contributed by atoms with Crippen LogP contribution < -0.4 is 0 Å². The third-order valence-corrected chi connectivity index (χ3v) is 3.35. The zero-order chi connectivity index (χ0) is 10.5. The molecular formula is C11H9BrN2S. The van der Waals surface area contributed by atoms with Gasteiger partial charge in [-0.3, -0.25) is 4.98 Å². The van der Waals surface area contributed by atoms with Crippen LogP contribution in [0.1, 0.15) is 5.56 Å². The van der Waals surface area contributed by atoms with Gasteiger partial charge < -0.3 is 0 Å². The molecule has 0 amide bonds. The fourth-order valence-electron chi connectivity index (χ4n) is 1.10. The lowest BCUT2D eigenvalue weighted by Crippen LogP contribution is -1.83. The lowest BCUT2D eigenvalue weighted by Gasteiger charge is -2.00. The van der Waals surface area contributed by atoms with Gasteiger partial charge in [-0.2, -0.15) is 0 Å². The summed E-state index contributed by atoms with van der Waals surface area (Å²) < 4.78 is 1.11. The molecule has 0 radical (unpaired) electrons. The topological polar surface area (TPSA) is 25.8 Å². The Morgan fingerprint density at radius 3 is 2.60 bits per heavy atom. The predicted octanol–water partition coefficient (Wildman–Crippen LogP) is 3.53. The number of rotatable bonds is 3. The van der Waals surface area contributed by atoms with Crippen molar-refractivity contribution in [3.8, 4) is 0 Å². The van der Waals surface area contributed by atoms with Gasteiger partial charge in [-0.1, -0.05) is 28.1 Å². The lowest BCUT2D eigenvalue weighted by atomic mass is 10.2. The van der Waals surface area contributed by atoms with E-state index in [-0.39, 0.29) is 0 Å². The molecule has 0 aliphatic heterocycles. The maximum Gasteiger partial charge on any atom is 0.115 e. The summed E-state index contributed by atoms with van der Waals surface area (Å²) in [7, 11) is 0. The second-order valence-corrected chi connectivity index (χ2v) is 4.87. The normalized spacial score (nSPS) is 10.2. The Kier molecular flexibility index (Phi) is 3.75. The molecule has 0 saturated heterocycles. The lowest BCUT2D eigenvalue weighted by molar-refractivity contribution is 1.05. The molecule has 2 rings (SSSR count). The summed E-state index contributed by atoms with van der Waals surface area (Å²) in [6.45, 7) is 0. The molecule has 15 heavy (non-hydrogen) atoms. The van der Waals surface area contributed by atoms with Crippen LogP contribution in [0, 0.1) is 0 Å². The standard InChI is InChI=1S/C11H9BrN2S/c12-10-3-1-9(2-4-10)8-15-11-7-13-5-6-14-11/h1-7H,8H2. The molecule has 2 aromatic rings. The van der Waals surface area contributed by atoms with Gasteiger partial charge in [-0.15, -0.1) is 11.8 Å². The van der Waals surface area contributed by atoms with Crippen LogP contribution in [0.4, 0.5) is 0 Å². The number of nitrogens with zero attached hydrogens (tertiary/aromatic N) is 2. The van der Waals surface area contributed by atoms with Crippen molar-refractivity contribution in [2.24, 2.45) is 0 Å². The van der Waals surface area contributed by atoms with Crippen molar-refractivity contribution >= 4 is 27.7 Å². The van der Waals surface area contributed by atoms with E-state index >= 15 is 0 Å². The number of hydrogen-bond donors (Lipinski definition) is 0. The van der Waals surface area contributed by atoms with E-state index in [0.29, 0.717) is 0 Å². The van der Waals surface area contributed by atoms with Gasteiger partial charge in [-0.25, -0.2) is 4.98 Å². The van der Waals surface area contributed by atoms with Crippen LogP contribution in [0.25, 0.3) is 0 Å². The number of benzene rings is 1. The molecule has 0 unspecified atom stereocenters. The molecule has 0 N–H and O–H groups in total. The Morgan fingerprint density at radius 1 is 1.13 bits per heavy atom. The molecule has 0 atom stereocenters. The average molecular weight is 281 g/mol. The Balaban J connectivity index is 1.96. The van der Waals surface area contributed by atoms with E-state index in [1.54, 1.807) is 30.4 Å². The highest BCUT2D eigenvalue weighted by atomic mass is 79.9. The Hall–Kier alpha value is -0.870. The molecule has 0 aliphatic carbocycles. The van der Waals surface area contributed by atoms with Crippen molar-refractivity contribution in [1.29, 1.82) is 0 Å². The first kappa shape index (κ1) is 10.6. The Bertz CT molecular complexity index is 416. The smallest absolute Gasteiger partial charge is 0.115 e. The van der Waals surface area contributed by atoms with Crippen LogP contribution in [-0.4, -0.2) is 9.97 Å². The summed E-state index contributed by atoms with van der Waals surface area (Å²) in [6.07, 6.45) is 5.18. The van der Waals surface area contributed by atoms with E-state index in [1.807, 2.05) is 12.1 Å². The molecular weight excluding hydrogens is 272 g/mol. The van der Waals surface area contributed by atoms with Crippen molar-refractivity contribution in [3.05, 3.63) is 52.9 Å². The van der Waals surface area contributed by atoms with Crippen molar-refractivity contribution < 1.29 is 0 Å². The molecule has 4 heteroatoms. The van der Waals surface area contributed by atoms with E-state index in [9.17, 15) is 0 Å². The van der Waals surface area contributed by atoms with Crippen LogP contribution in [0.2, 0.25) is 0 Å². The minimum Gasteiger partial charge on any atom is -0.260 e. The summed E-state index contributed by atoms with van der Waals surface area (Å²) in [4.78, 5) is 8.22. The molecule has 0 spiro atoms. The molecule has 2 nitrogen and oxygen atoms in total. The minimum atomic E-state index is 0.923. The van der Waals surface area contributed by atoms with Gasteiger partial charge in [0.2, 0.25) is 0 Å². The first-order valence-corrected chi connectivity index (χ1v) is 6.26. The maximum atomic E-state index is 4.20. The van der Waals surface area contributed by atoms with Crippen molar-refractivity contribution in [2.75, 3.05) is 0 Å². The number of aromatic nitrogens is 2. The zero-order valence-electron chi connectivity index (χ0n) is 7.93. The summed E-state index contributed by atoms with van der Waals surface area (Å²) >= 11 is 5.10. The quantitative estimate of drug-likeness (QED) is 0.805. The zero-order valence-corrected chi connectivity index (χ0v) is 10.3. The van der Waals surface area contributed by atoms with Gasteiger partial charge >= 0.3 is 0 Å². The summed E-state index contributed by atoms with van der Waals surface area (Å²) in [6, 6.07) is 8.31. The van der Waals surface area contributed by atoms with Gasteiger partial charge in [0.25, 0.3) is 0 Å². The Morgan fingerprint density at radius 2 is 1.93 bits per heavy atom. The molecule has 1 aromatic heterocycles. The minimum absolute atomic E-state index is 0.923. The monoisotopic (exact) mass is 280 g/mol. The van der Waals surface area contributed by atoms with Crippen LogP contribution in [0.3, 0.4) is 0 Å². The van der Waals surface area contributed by atoms with E-state index in [1.165, 1.54) is 5.56 Å². The molecule has 76 valence electrons. The second-order valence-electron chi connectivity index (χ2n) is 2.96. The summed E-state index contributed by atoms with van der Waals surface area (Å²) in [5.74, 6) is 0.923. The van der Waals surface area contributed by atoms with Crippen molar-refractivity contribution in [1.82, 2.24) is 9.97 Å². The molecule has 0 saturated carbocycles. The largest absolute Gasteiger partial charge is 0.260 e. The highest BCUT2D eigenvalue weighted by Gasteiger charge is 1.96. The summed E-state index contributed by atoms with van der Waals surface area (Å²) in [5, 5.41) is 0.959. The SMILES string of the molecule is Brc1ccc(CSc2cnccn2)cc1. The van der Waals surface area contributed by atoms with Gasteiger partial charge in [-0.05, 0) is 17.7 Å². The van der Waals surface area contributed by atoms with Crippen molar-refractivity contribution in [2.45, 2.75) is 10.8 Å². The molecule has 0 fully saturated rings. The van der Waals surface area contributed by atoms with Crippen LogP contribution in [-0.2, 0) is 5.75 Å². The van der Waals surface area contributed by atoms with Gasteiger partial charge in [0.15, 0.2) is 0 Å².